The Morgan fingerprint density at radius 1 is 1.45 bits per heavy atom. The number of alkyl carbamates (subject to hydrolysis) is 1. The Morgan fingerprint density at radius 3 is 2.80 bits per heavy atom. The van der Waals surface area contributed by atoms with Gasteiger partial charge in [0.1, 0.15) is 6.10 Å². The van der Waals surface area contributed by atoms with E-state index in [9.17, 15) is 4.79 Å². The van der Waals surface area contributed by atoms with Gasteiger partial charge in [0.2, 0.25) is 0 Å². The molecule has 0 aromatic heterocycles. The van der Waals surface area contributed by atoms with Gasteiger partial charge in [-0.05, 0) is 37.6 Å². The second-order valence-corrected chi connectivity index (χ2v) is 6.06. The van der Waals surface area contributed by atoms with E-state index >= 15 is 0 Å². The Bertz CT molecular complexity index is 436. The zero-order valence-electron chi connectivity index (χ0n) is 12.0. The Balaban J connectivity index is 1.80. The van der Waals surface area contributed by atoms with Crippen LogP contribution in [0.15, 0.2) is 29.2 Å². The molecule has 1 aliphatic heterocycles. The van der Waals surface area contributed by atoms with E-state index in [1.807, 2.05) is 0 Å². The normalized spacial score (nSPS) is 19.5. The SMILES string of the molecule is CCCNC(C)c1ccc(SCC2CNC(=O)O2)cc1. The van der Waals surface area contributed by atoms with Crippen molar-refractivity contribution in [2.75, 3.05) is 18.8 Å². The monoisotopic (exact) mass is 294 g/mol. The Hall–Kier alpha value is -1.20. The van der Waals surface area contributed by atoms with Crippen LogP contribution in [0, 0.1) is 0 Å². The summed E-state index contributed by atoms with van der Waals surface area (Å²) in [6, 6.07) is 8.97. The molecule has 0 radical (unpaired) electrons. The lowest BCUT2D eigenvalue weighted by Crippen LogP contribution is -2.19. The molecule has 2 N–H and O–H groups in total. The molecule has 1 aromatic carbocycles. The number of hydrogen-bond acceptors (Lipinski definition) is 4. The average Bonchev–Trinajstić information content (AvgIpc) is 2.89. The summed E-state index contributed by atoms with van der Waals surface area (Å²) in [5, 5.41) is 6.14. The number of nitrogens with one attached hydrogen (secondary N) is 2. The molecule has 1 saturated heterocycles. The summed E-state index contributed by atoms with van der Waals surface area (Å²) < 4.78 is 5.11. The molecule has 0 saturated carbocycles. The van der Waals surface area contributed by atoms with Crippen LogP contribution in [0.25, 0.3) is 0 Å². The molecule has 2 unspecified atom stereocenters. The van der Waals surface area contributed by atoms with Gasteiger partial charge in [0.05, 0.1) is 6.54 Å². The predicted octanol–water partition coefficient (Wildman–Crippen LogP) is 2.95. The number of thioether (sulfide) groups is 1. The summed E-state index contributed by atoms with van der Waals surface area (Å²) in [6.45, 7) is 6.01. The summed E-state index contributed by atoms with van der Waals surface area (Å²) in [6.07, 6.45) is 0.825. The van der Waals surface area contributed by atoms with Crippen molar-refractivity contribution >= 4 is 17.9 Å². The molecule has 0 bridgehead atoms. The number of carbonyl (C=O) groups excluding carboxylic acids is 1. The fourth-order valence-corrected chi connectivity index (χ4v) is 2.94. The van der Waals surface area contributed by atoms with Gasteiger partial charge in [-0.25, -0.2) is 4.79 Å². The Morgan fingerprint density at radius 2 is 2.20 bits per heavy atom. The number of cyclic esters (lactones) is 1. The highest BCUT2D eigenvalue weighted by Crippen LogP contribution is 2.23. The number of carbonyl (C=O) groups is 1. The van der Waals surface area contributed by atoms with Gasteiger partial charge >= 0.3 is 6.09 Å². The Labute approximate surface area is 124 Å². The average molecular weight is 294 g/mol. The van der Waals surface area contributed by atoms with Crippen LogP contribution in [0.1, 0.15) is 31.9 Å². The van der Waals surface area contributed by atoms with Crippen molar-refractivity contribution in [2.24, 2.45) is 0 Å². The smallest absolute Gasteiger partial charge is 0.407 e. The van der Waals surface area contributed by atoms with Gasteiger partial charge in [0, 0.05) is 16.7 Å². The van der Waals surface area contributed by atoms with E-state index in [-0.39, 0.29) is 12.2 Å². The fourth-order valence-electron chi connectivity index (χ4n) is 2.05. The van der Waals surface area contributed by atoms with E-state index in [1.54, 1.807) is 11.8 Å². The van der Waals surface area contributed by atoms with E-state index in [1.165, 1.54) is 10.5 Å². The maximum Gasteiger partial charge on any atom is 0.407 e. The highest BCUT2D eigenvalue weighted by atomic mass is 32.2. The van der Waals surface area contributed by atoms with Crippen LogP contribution in [-0.4, -0.2) is 31.0 Å². The molecule has 110 valence electrons. The number of rotatable bonds is 7. The second-order valence-electron chi connectivity index (χ2n) is 4.96. The standard InChI is InChI=1S/C15H22N2O2S/c1-3-8-16-11(2)12-4-6-14(7-5-12)20-10-13-9-17-15(18)19-13/h4-7,11,13,16H,3,8-10H2,1-2H3,(H,17,18). The fraction of sp³-hybridized carbons (Fsp3) is 0.533. The van der Waals surface area contributed by atoms with Crippen LogP contribution >= 0.6 is 11.8 Å². The zero-order valence-corrected chi connectivity index (χ0v) is 12.8. The van der Waals surface area contributed by atoms with Crippen molar-refractivity contribution < 1.29 is 9.53 Å². The maximum absolute atomic E-state index is 10.9. The minimum absolute atomic E-state index is 0.0164. The molecule has 0 spiro atoms. The summed E-state index contributed by atoms with van der Waals surface area (Å²) in [4.78, 5) is 12.1. The minimum Gasteiger partial charge on any atom is -0.443 e. The van der Waals surface area contributed by atoms with Gasteiger partial charge in [0.25, 0.3) is 0 Å². The first-order chi connectivity index (χ1) is 9.69. The van der Waals surface area contributed by atoms with E-state index < -0.39 is 0 Å². The van der Waals surface area contributed by atoms with Crippen LogP contribution in [0.2, 0.25) is 0 Å². The summed E-state index contributed by atoms with van der Waals surface area (Å²) in [5.74, 6) is 0.793. The first kappa shape index (κ1) is 15.2. The number of benzene rings is 1. The van der Waals surface area contributed by atoms with E-state index in [0.717, 1.165) is 18.7 Å². The third kappa shape index (κ3) is 4.42. The van der Waals surface area contributed by atoms with Crippen LogP contribution in [0.5, 0.6) is 0 Å². The highest BCUT2D eigenvalue weighted by molar-refractivity contribution is 7.99. The van der Waals surface area contributed by atoms with E-state index in [0.29, 0.717) is 12.6 Å². The molecule has 1 aliphatic rings. The van der Waals surface area contributed by atoms with Crippen molar-refractivity contribution in [2.45, 2.75) is 37.3 Å². The highest BCUT2D eigenvalue weighted by Gasteiger charge is 2.22. The van der Waals surface area contributed by atoms with Crippen molar-refractivity contribution in [1.29, 1.82) is 0 Å². The van der Waals surface area contributed by atoms with Crippen molar-refractivity contribution in [3.63, 3.8) is 0 Å². The molecule has 2 atom stereocenters. The van der Waals surface area contributed by atoms with Gasteiger partial charge in [-0.2, -0.15) is 0 Å². The molecule has 5 heteroatoms. The molecule has 20 heavy (non-hydrogen) atoms. The summed E-state index contributed by atoms with van der Waals surface area (Å²) in [7, 11) is 0. The van der Waals surface area contributed by atoms with Crippen LogP contribution in [0.3, 0.4) is 0 Å². The third-order valence-electron chi connectivity index (χ3n) is 3.26. The number of amides is 1. The lowest BCUT2D eigenvalue weighted by Gasteiger charge is -2.14. The second kappa shape index (κ2) is 7.55. The molecular weight excluding hydrogens is 272 g/mol. The van der Waals surface area contributed by atoms with Crippen LogP contribution in [0.4, 0.5) is 4.79 Å². The van der Waals surface area contributed by atoms with Gasteiger partial charge in [-0.3, -0.25) is 0 Å². The molecule has 0 aliphatic carbocycles. The van der Waals surface area contributed by atoms with Crippen molar-refractivity contribution in [3.8, 4) is 0 Å². The maximum atomic E-state index is 10.9. The lowest BCUT2D eigenvalue weighted by molar-refractivity contribution is 0.150. The summed E-state index contributed by atoms with van der Waals surface area (Å²) in [5.41, 5.74) is 1.30. The molecule has 4 nitrogen and oxygen atoms in total. The molecular formula is C15H22N2O2S. The van der Waals surface area contributed by atoms with Crippen LogP contribution < -0.4 is 10.6 Å². The van der Waals surface area contributed by atoms with Crippen LogP contribution in [-0.2, 0) is 4.74 Å². The van der Waals surface area contributed by atoms with Gasteiger partial charge in [-0.1, -0.05) is 19.1 Å². The van der Waals surface area contributed by atoms with Crippen molar-refractivity contribution in [3.05, 3.63) is 29.8 Å². The van der Waals surface area contributed by atoms with Gasteiger partial charge in [-0.15, -0.1) is 11.8 Å². The number of ether oxygens (including phenoxy) is 1. The summed E-state index contributed by atoms with van der Waals surface area (Å²) >= 11 is 1.72. The predicted molar refractivity (Wildman–Crippen MR) is 82.1 cm³/mol. The number of hydrogen-bond donors (Lipinski definition) is 2. The van der Waals surface area contributed by atoms with Gasteiger partial charge in [0.15, 0.2) is 0 Å². The molecule has 1 fully saturated rings. The molecule has 1 aromatic rings. The first-order valence-electron chi connectivity index (χ1n) is 7.09. The topological polar surface area (TPSA) is 50.4 Å². The molecule has 1 heterocycles. The molecule has 1 amide bonds. The Kier molecular flexibility index (Phi) is 5.73. The largest absolute Gasteiger partial charge is 0.443 e. The quantitative estimate of drug-likeness (QED) is 0.759. The zero-order chi connectivity index (χ0) is 14.4. The van der Waals surface area contributed by atoms with Crippen molar-refractivity contribution in [1.82, 2.24) is 10.6 Å². The van der Waals surface area contributed by atoms with Gasteiger partial charge < -0.3 is 15.4 Å². The molecule has 2 rings (SSSR count). The minimum atomic E-state index is -0.304. The first-order valence-corrected chi connectivity index (χ1v) is 8.08. The lowest BCUT2D eigenvalue weighted by atomic mass is 10.1. The third-order valence-corrected chi connectivity index (χ3v) is 4.41. The van der Waals surface area contributed by atoms with E-state index in [2.05, 4.69) is 48.7 Å². The van der Waals surface area contributed by atoms with E-state index in [4.69, 9.17) is 4.74 Å².